The van der Waals surface area contributed by atoms with Crippen molar-refractivity contribution < 1.29 is 23.9 Å². The summed E-state index contributed by atoms with van der Waals surface area (Å²) in [4.78, 5) is 57.0. The number of ketones is 1. The molecule has 0 aromatic heterocycles. The van der Waals surface area contributed by atoms with Crippen LogP contribution in [0.2, 0.25) is 0 Å². The van der Waals surface area contributed by atoms with Crippen LogP contribution in [0.3, 0.4) is 0 Å². The third-order valence-corrected chi connectivity index (χ3v) is 7.48. The van der Waals surface area contributed by atoms with E-state index in [-0.39, 0.29) is 47.4 Å². The van der Waals surface area contributed by atoms with Gasteiger partial charge in [0.05, 0.1) is 12.6 Å². The van der Waals surface area contributed by atoms with Gasteiger partial charge in [0.2, 0.25) is 5.91 Å². The van der Waals surface area contributed by atoms with Crippen LogP contribution in [0.1, 0.15) is 63.7 Å². The van der Waals surface area contributed by atoms with E-state index in [1.165, 1.54) is 7.11 Å². The van der Waals surface area contributed by atoms with Gasteiger partial charge in [-0.15, -0.1) is 0 Å². The number of hydrogen-bond donors (Lipinski definition) is 1. The van der Waals surface area contributed by atoms with E-state index < -0.39 is 12.1 Å². The molecule has 210 valence electrons. The predicted molar refractivity (Wildman–Crippen MR) is 147 cm³/mol. The van der Waals surface area contributed by atoms with Crippen molar-refractivity contribution >= 4 is 29.2 Å². The van der Waals surface area contributed by atoms with E-state index in [2.05, 4.69) is 26.1 Å². The fourth-order valence-corrected chi connectivity index (χ4v) is 5.37. The zero-order valence-electron chi connectivity index (χ0n) is 24.0. The van der Waals surface area contributed by atoms with Gasteiger partial charge in [0.25, 0.3) is 11.8 Å². The van der Waals surface area contributed by atoms with Crippen molar-refractivity contribution in [2.24, 2.45) is 11.3 Å². The van der Waals surface area contributed by atoms with Crippen LogP contribution in [0.5, 0.6) is 0 Å². The van der Waals surface area contributed by atoms with Crippen LogP contribution in [0.15, 0.2) is 24.3 Å². The Balaban J connectivity index is 1.50. The van der Waals surface area contributed by atoms with E-state index in [9.17, 15) is 19.2 Å². The molecule has 2 saturated heterocycles. The summed E-state index contributed by atoms with van der Waals surface area (Å²) in [6.45, 7) is 9.08. The first kappa shape index (κ1) is 29.6. The first-order valence-corrected chi connectivity index (χ1v) is 13.5. The summed E-state index contributed by atoms with van der Waals surface area (Å²) < 4.78 is 5.49. The highest BCUT2D eigenvalue weighted by atomic mass is 16.5. The van der Waals surface area contributed by atoms with Crippen molar-refractivity contribution in [2.75, 3.05) is 45.7 Å². The van der Waals surface area contributed by atoms with Gasteiger partial charge in [-0.1, -0.05) is 27.7 Å². The third-order valence-electron chi connectivity index (χ3n) is 7.48. The maximum absolute atomic E-state index is 13.2. The van der Waals surface area contributed by atoms with Crippen molar-refractivity contribution in [3.8, 4) is 0 Å². The molecular formula is C29H44N4O5. The highest BCUT2D eigenvalue weighted by Gasteiger charge is 2.52. The number of ether oxygens (including phenoxy) is 1. The van der Waals surface area contributed by atoms with Crippen LogP contribution < -0.4 is 10.2 Å². The Morgan fingerprint density at radius 2 is 1.79 bits per heavy atom. The van der Waals surface area contributed by atoms with Gasteiger partial charge in [-0.05, 0) is 54.9 Å². The molecule has 0 saturated carbocycles. The first-order valence-electron chi connectivity index (χ1n) is 13.5. The molecule has 2 heterocycles. The first-order chi connectivity index (χ1) is 17.8. The number of benzene rings is 1. The van der Waals surface area contributed by atoms with E-state index in [1.807, 2.05) is 38.1 Å². The predicted octanol–water partition coefficient (Wildman–Crippen LogP) is 2.73. The fourth-order valence-electron chi connectivity index (χ4n) is 5.37. The SMILES string of the molecule is COC(CC(C)(C)C)C(=O)N1CC(=O)C2C1CCN2C(=O)CC(C)CCNC(=O)c1ccc(N(C)C)cc1. The second kappa shape index (κ2) is 12.3. The molecule has 0 radical (unpaired) electrons. The van der Waals surface area contributed by atoms with Crippen molar-refractivity contribution in [3.05, 3.63) is 29.8 Å². The van der Waals surface area contributed by atoms with E-state index in [1.54, 1.807) is 21.9 Å². The number of anilines is 1. The van der Waals surface area contributed by atoms with Gasteiger partial charge in [-0.2, -0.15) is 0 Å². The standard InChI is InChI=1S/C29H44N4O5/c1-19(12-14-30-27(36)20-8-10-21(11-9-20)31(5)6)16-25(35)32-15-13-22-26(32)23(34)18-33(22)28(37)24(38-7)17-29(2,3)4/h8-11,19,22,24,26H,12-18H2,1-7H3,(H,30,36). The molecule has 1 aromatic rings. The number of carbonyl (C=O) groups excluding carboxylic acids is 4. The number of rotatable bonds is 10. The smallest absolute Gasteiger partial charge is 0.252 e. The molecule has 2 aliphatic rings. The molecule has 4 atom stereocenters. The van der Waals surface area contributed by atoms with Crippen LogP contribution in [-0.4, -0.2) is 92.3 Å². The average molecular weight is 529 g/mol. The molecule has 1 aromatic carbocycles. The minimum Gasteiger partial charge on any atom is -0.378 e. The molecule has 4 unspecified atom stereocenters. The van der Waals surface area contributed by atoms with E-state index >= 15 is 0 Å². The molecule has 1 N–H and O–H groups in total. The Morgan fingerprint density at radius 3 is 2.37 bits per heavy atom. The maximum Gasteiger partial charge on any atom is 0.252 e. The van der Waals surface area contributed by atoms with Gasteiger partial charge < -0.3 is 24.8 Å². The van der Waals surface area contributed by atoms with Crippen molar-refractivity contribution in [1.29, 1.82) is 0 Å². The summed E-state index contributed by atoms with van der Waals surface area (Å²) in [7, 11) is 5.42. The van der Waals surface area contributed by atoms with Gasteiger partial charge >= 0.3 is 0 Å². The average Bonchev–Trinajstić information content (AvgIpc) is 3.43. The lowest BCUT2D eigenvalue weighted by Crippen LogP contribution is -2.46. The second-order valence-electron chi connectivity index (χ2n) is 12.1. The van der Waals surface area contributed by atoms with Gasteiger partial charge in [0, 0.05) is 52.0 Å². The van der Waals surface area contributed by atoms with E-state index in [0.717, 1.165) is 5.69 Å². The van der Waals surface area contributed by atoms with Crippen LogP contribution in [0, 0.1) is 11.3 Å². The number of Topliss-reactive ketones (excluding diaryl/α,β-unsaturated/α-hetero) is 1. The number of nitrogens with zero attached hydrogens (tertiary/aromatic N) is 3. The third kappa shape index (κ3) is 7.12. The Labute approximate surface area is 226 Å². The Hall–Kier alpha value is -2.94. The van der Waals surface area contributed by atoms with E-state index in [4.69, 9.17) is 4.74 Å². The number of hydrogen-bond acceptors (Lipinski definition) is 6. The lowest BCUT2D eigenvalue weighted by Gasteiger charge is -2.30. The maximum atomic E-state index is 13.2. The van der Waals surface area contributed by atoms with Crippen molar-refractivity contribution in [2.45, 2.75) is 71.6 Å². The van der Waals surface area contributed by atoms with Crippen LogP contribution >= 0.6 is 0 Å². The number of nitrogens with one attached hydrogen (secondary N) is 1. The molecule has 0 aliphatic carbocycles. The minimum absolute atomic E-state index is 0.0268. The quantitative estimate of drug-likeness (QED) is 0.501. The normalized spacial score (nSPS) is 20.8. The Morgan fingerprint density at radius 1 is 1.13 bits per heavy atom. The number of likely N-dealkylation sites (tertiary alicyclic amines) is 2. The molecule has 3 amide bonds. The summed E-state index contributed by atoms with van der Waals surface area (Å²) in [5, 5.41) is 2.93. The lowest BCUT2D eigenvalue weighted by molar-refractivity contribution is -0.145. The molecule has 3 rings (SSSR count). The van der Waals surface area contributed by atoms with Crippen molar-refractivity contribution in [1.82, 2.24) is 15.1 Å². The van der Waals surface area contributed by atoms with E-state index in [0.29, 0.717) is 44.3 Å². The van der Waals surface area contributed by atoms with Gasteiger partial charge in [-0.25, -0.2) is 0 Å². The summed E-state index contributed by atoms with van der Waals surface area (Å²) in [5.74, 6) is -0.426. The fraction of sp³-hybridized carbons (Fsp3) is 0.655. The van der Waals surface area contributed by atoms with Crippen LogP contribution in [0.4, 0.5) is 5.69 Å². The largest absolute Gasteiger partial charge is 0.378 e. The summed E-state index contributed by atoms with van der Waals surface area (Å²) in [6.07, 6.45) is 1.49. The summed E-state index contributed by atoms with van der Waals surface area (Å²) in [6, 6.07) is 6.54. The van der Waals surface area contributed by atoms with Crippen molar-refractivity contribution in [3.63, 3.8) is 0 Å². The summed E-state index contributed by atoms with van der Waals surface area (Å²) in [5.41, 5.74) is 1.53. The van der Waals surface area contributed by atoms with Crippen LogP contribution in [-0.2, 0) is 19.1 Å². The molecule has 0 bridgehead atoms. The number of fused-ring (bicyclic) bond motifs is 1. The monoisotopic (exact) mass is 528 g/mol. The van der Waals surface area contributed by atoms with Gasteiger partial charge in [0.15, 0.2) is 5.78 Å². The molecule has 38 heavy (non-hydrogen) atoms. The summed E-state index contributed by atoms with van der Waals surface area (Å²) >= 11 is 0. The molecule has 0 spiro atoms. The van der Waals surface area contributed by atoms with Gasteiger partial charge in [-0.3, -0.25) is 19.2 Å². The molecule has 2 aliphatic heterocycles. The molecular weight excluding hydrogens is 484 g/mol. The minimum atomic E-state index is -0.604. The highest BCUT2D eigenvalue weighted by Crippen LogP contribution is 2.33. The molecule has 9 nitrogen and oxygen atoms in total. The van der Waals surface area contributed by atoms with Crippen LogP contribution in [0.25, 0.3) is 0 Å². The highest BCUT2D eigenvalue weighted by molar-refractivity contribution is 5.98. The molecule has 2 fully saturated rings. The molecule has 9 heteroatoms. The zero-order valence-corrected chi connectivity index (χ0v) is 24.0. The van der Waals surface area contributed by atoms with Gasteiger partial charge in [0.1, 0.15) is 12.1 Å². The number of amides is 3. The lowest BCUT2D eigenvalue weighted by atomic mass is 9.88. The number of methoxy groups -OCH3 is 1. The second-order valence-corrected chi connectivity index (χ2v) is 12.1. The number of carbonyl (C=O) groups is 4. The topological polar surface area (TPSA) is 99.3 Å². The Bertz CT molecular complexity index is 1020. The zero-order chi connectivity index (χ0) is 28.2. The Kier molecular flexibility index (Phi) is 9.57.